The maximum atomic E-state index is 15.1. The monoisotopic (exact) mass is 632 g/mol. The van der Waals surface area contributed by atoms with Crippen LogP contribution in [-0.2, 0) is 57.4 Å². The van der Waals surface area contributed by atoms with E-state index < -0.39 is 23.2 Å². The first-order valence-electron chi connectivity index (χ1n) is 15.3. The number of ether oxygens (including phenoxy) is 2. The maximum absolute atomic E-state index is 15.1. The maximum Gasteiger partial charge on any atom is 0.343 e. The van der Waals surface area contributed by atoms with E-state index in [-0.39, 0.29) is 68.7 Å². The number of benzene rings is 1. The number of pyridine rings is 2. The molecule has 0 bridgehead atoms. The lowest BCUT2D eigenvalue weighted by molar-refractivity contribution is -0.172. The highest BCUT2D eigenvalue weighted by atomic mass is 19.1. The number of carbonyl (C=O) groups is 2. The van der Waals surface area contributed by atoms with E-state index >= 15 is 4.39 Å². The van der Waals surface area contributed by atoms with E-state index in [0.29, 0.717) is 47.5 Å². The fourth-order valence-corrected chi connectivity index (χ4v) is 6.92. The highest BCUT2D eigenvalue weighted by Crippen LogP contribution is 2.46. The lowest BCUT2D eigenvalue weighted by Crippen LogP contribution is -2.44. The normalized spacial score (nSPS) is 19.5. The first-order valence-corrected chi connectivity index (χ1v) is 15.3. The van der Waals surface area contributed by atoms with Gasteiger partial charge in [0.15, 0.2) is 5.60 Å². The van der Waals surface area contributed by atoms with Crippen LogP contribution in [0.15, 0.2) is 23.1 Å². The van der Waals surface area contributed by atoms with Crippen LogP contribution in [0.2, 0.25) is 0 Å². The second-order valence-electron chi connectivity index (χ2n) is 12.0. The molecule has 0 radical (unpaired) electrons. The lowest BCUT2D eigenvalue weighted by Gasteiger charge is -2.31. The molecule has 0 spiro atoms. The number of amides is 1. The largest absolute Gasteiger partial charge is 0.458 e. The third kappa shape index (κ3) is 4.70. The van der Waals surface area contributed by atoms with Crippen molar-refractivity contribution in [2.75, 3.05) is 13.2 Å². The predicted octanol–water partition coefficient (Wildman–Crippen LogP) is 1.82. The zero-order valence-electron chi connectivity index (χ0n) is 25.4. The number of hydrogen-bond acceptors (Lipinski definition) is 10. The summed E-state index contributed by atoms with van der Waals surface area (Å²) in [5, 5.41) is 32.1. The second kappa shape index (κ2) is 11.4. The highest BCUT2D eigenvalue weighted by Gasteiger charge is 2.46. The molecular formula is C32H33FN6O7. The van der Waals surface area contributed by atoms with Gasteiger partial charge in [0.25, 0.3) is 5.56 Å². The van der Waals surface area contributed by atoms with Gasteiger partial charge in [-0.3, -0.25) is 9.59 Å². The molecule has 2 atom stereocenters. The van der Waals surface area contributed by atoms with Gasteiger partial charge in [0.1, 0.15) is 18.1 Å². The topological polar surface area (TPSA) is 171 Å². The van der Waals surface area contributed by atoms with Crippen molar-refractivity contribution in [3.63, 3.8) is 0 Å². The van der Waals surface area contributed by atoms with Gasteiger partial charge in [-0.15, -0.1) is 5.10 Å². The molecule has 46 heavy (non-hydrogen) atoms. The Bertz CT molecular complexity index is 1990. The Kier molecular flexibility index (Phi) is 7.45. The Morgan fingerprint density at radius 3 is 2.87 bits per heavy atom. The number of aromatic nitrogens is 5. The van der Waals surface area contributed by atoms with Gasteiger partial charge < -0.3 is 29.6 Å². The molecule has 1 amide bonds. The number of carbonyl (C=O) groups excluding carboxylic acids is 2. The van der Waals surface area contributed by atoms with E-state index in [1.165, 1.54) is 10.7 Å². The zero-order chi connectivity index (χ0) is 32.3. The third-order valence-electron chi connectivity index (χ3n) is 9.35. The van der Waals surface area contributed by atoms with Crippen LogP contribution in [0.4, 0.5) is 4.39 Å². The molecule has 240 valence electrons. The summed E-state index contributed by atoms with van der Waals surface area (Å²) < 4.78 is 29.0. The number of esters is 1. The summed E-state index contributed by atoms with van der Waals surface area (Å²) in [6.07, 6.45) is 2.82. The van der Waals surface area contributed by atoms with Crippen LogP contribution >= 0.6 is 0 Å². The van der Waals surface area contributed by atoms with Crippen molar-refractivity contribution in [2.45, 2.75) is 77.5 Å². The van der Waals surface area contributed by atoms with Gasteiger partial charge in [-0.2, -0.15) is 0 Å². The summed E-state index contributed by atoms with van der Waals surface area (Å²) in [7, 11) is 0. The SMILES string of the molecule is CC[C@@]1(O)C(=O)OCc2c1cc1n(c2=O)Cc2c-1nc1cc(F)c(C)c3c1c2[C@@H](NC(=O)CCOCc1cn(CCO)nn1)CC3. The van der Waals surface area contributed by atoms with Crippen LogP contribution in [-0.4, -0.2) is 59.8 Å². The number of aliphatic hydroxyl groups is 2. The van der Waals surface area contributed by atoms with Crippen molar-refractivity contribution in [1.82, 2.24) is 29.9 Å². The average Bonchev–Trinajstić information content (AvgIpc) is 3.65. The minimum atomic E-state index is -1.97. The van der Waals surface area contributed by atoms with Crippen LogP contribution in [0, 0.1) is 12.7 Å². The minimum absolute atomic E-state index is 0.0144. The third-order valence-corrected chi connectivity index (χ3v) is 9.35. The second-order valence-corrected chi connectivity index (χ2v) is 12.0. The molecule has 3 N–H and O–H groups in total. The van der Waals surface area contributed by atoms with Gasteiger partial charge in [-0.05, 0) is 48.9 Å². The van der Waals surface area contributed by atoms with Crippen LogP contribution in [0.1, 0.15) is 71.3 Å². The fraction of sp³-hybridized carbons (Fsp3) is 0.438. The van der Waals surface area contributed by atoms with E-state index in [0.717, 1.165) is 22.1 Å². The Morgan fingerprint density at radius 2 is 2.09 bits per heavy atom. The molecule has 3 aromatic heterocycles. The van der Waals surface area contributed by atoms with E-state index in [9.17, 15) is 19.5 Å². The molecule has 14 heteroatoms. The first kappa shape index (κ1) is 30.1. The lowest BCUT2D eigenvalue weighted by atomic mass is 9.81. The number of nitrogens with zero attached hydrogens (tertiary/aromatic N) is 5. The van der Waals surface area contributed by atoms with Crippen LogP contribution in [0.25, 0.3) is 22.3 Å². The van der Waals surface area contributed by atoms with E-state index in [1.54, 1.807) is 30.7 Å². The molecule has 1 aromatic carbocycles. The van der Waals surface area contributed by atoms with Crippen LogP contribution < -0.4 is 10.9 Å². The minimum Gasteiger partial charge on any atom is -0.458 e. The van der Waals surface area contributed by atoms with Gasteiger partial charge in [-0.1, -0.05) is 12.1 Å². The summed E-state index contributed by atoms with van der Waals surface area (Å²) in [6.45, 7) is 3.87. The molecule has 13 nitrogen and oxygen atoms in total. The summed E-state index contributed by atoms with van der Waals surface area (Å²) in [5.41, 5.74) is 2.78. The van der Waals surface area contributed by atoms with Crippen molar-refractivity contribution in [3.8, 4) is 11.4 Å². The standard InChI is InChI=1S/C32H33FN6O7/c1-3-32(44)21-10-25-29-19(13-39(25)30(42)20(21)15-46-31(32)43)28-23(5-4-18-16(2)22(33)11-24(35-29)27(18)28)34-26(41)6-9-45-14-17-12-38(7-8-40)37-36-17/h10-12,23,40,44H,3-9,13-15H2,1-2H3,(H,34,41)/t23-,32-/m0/s1. The molecule has 4 aromatic rings. The fourth-order valence-electron chi connectivity index (χ4n) is 6.92. The Hall–Kier alpha value is -4.53. The molecule has 7 rings (SSSR count). The van der Waals surface area contributed by atoms with E-state index in [1.807, 2.05) is 0 Å². The molecule has 0 saturated carbocycles. The number of aryl methyl sites for hydroxylation is 1. The zero-order valence-corrected chi connectivity index (χ0v) is 25.4. The smallest absolute Gasteiger partial charge is 0.343 e. The predicted molar refractivity (Wildman–Crippen MR) is 160 cm³/mol. The molecule has 0 saturated heterocycles. The van der Waals surface area contributed by atoms with E-state index in [4.69, 9.17) is 19.6 Å². The number of cyclic esters (lactones) is 1. The number of nitrogens with one attached hydrogen (secondary N) is 1. The number of aliphatic hydroxyl groups excluding tert-OH is 1. The van der Waals surface area contributed by atoms with Gasteiger partial charge in [-0.25, -0.2) is 18.9 Å². The number of hydrogen-bond donors (Lipinski definition) is 3. The molecular weight excluding hydrogens is 599 g/mol. The molecule has 1 aliphatic carbocycles. The average molecular weight is 633 g/mol. The number of fused-ring (bicyclic) bond motifs is 5. The summed E-state index contributed by atoms with van der Waals surface area (Å²) in [4.78, 5) is 44.4. The molecule has 3 aliphatic rings. The van der Waals surface area contributed by atoms with Crippen molar-refractivity contribution < 1.29 is 33.7 Å². The van der Waals surface area contributed by atoms with Crippen molar-refractivity contribution in [2.24, 2.45) is 0 Å². The van der Waals surface area contributed by atoms with Crippen molar-refractivity contribution in [1.29, 1.82) is 0 Å². The summed E-state index contributed by atoms with van der Waals surface area (Å²) in [5.74, 6) is -1.43. The van der Waals surface area contributed by atoms with Gasteiger partial charge in [0, 0.05) is 29.0 Å². The molecule has 0 unspecified atom stereocenters. The Labute approximate surface area is 262 Å². The number of halogens is 1. The molecule has 0 fully saturated rings. The van der Waals surface area contributed by atoms with Gasteiger partial charge >= 0.3 is 5.97 Å². The molecule has 5 heterocycles. The quantitative estimate of drug-likeness (QED) is 0.161. The Balaban J connectivity index is 1.22. The summed E-state index contributed by atoms with van der Waals surface area (Å²) >= 11 is 0. The highest BCUT2D eigenvalue weighted by molar-refractivity contribution is 5.94. The van der Waals surface area contributed by atoms with Gasteiger partial charge in [0.05, 0.1) is 67.6 Å². The van der Waals surface area contributed by atoms with Crippen LogP contribution in [0.3, 0.4) is 0 Å². The van der Waals surface area contributed by atoms with E-state index in [2.05, 4.69) is 15.6 Å². The van der Waals surface area contributed by atoms with Crippen molar-refractivity contribution >= 4 is 22.8 Å². The van der Waals surface area contributed by atoms with Crippen molar-refractivity contribution in [3.05, 3.63) is 73.6 Å². The number of rotatable bonds is 9. The molecule has 2 aliphatic heterocycles. The first-order chi connectivity index (χ1) is 22.1. The summed E-state index contributed by atoms with van der Waals surface area (Å²) in [6, 6.07) is 2.57. The Morgan fingerprint density at radius 1 is 1.26 bits per heavy atom. The van der Waals surface area contributed by atoms with Crippen LogP contribution in [0.5, 0.6) is 0 Å². The van der Waals surface area contributed by atoms with Gasteiger partial charge in [0.2, 0.25) is 5.91 Å².